The summed E-state index contributed by atoms with van der Waals surface area (Å²) in [7, 11) is 1.74. The summed E-state index contributed by atoms with van der Waals surface area (Å²) in [4.78, 5) is 43.1. The van der Waals surface area contributed by atoms with Crippen molar-refractivity contribution in [1.29, 1.82) is 0 Å². The third-order valence-corrected chi connectivity index (χ3v) is 6.41. The lowest BCUT2D eigenvalue weighted by Gasteiger charge is -2.41. The third-order valence-electron chi connectivity index (χ3n) is 6.41. The maximum atomic E-state index is 13.7. The Balaban J connectivity index is 3.15. The van der Waals surface area contributed by atoms with E-state index in [0.29, 0.717) is 12.2 Å². The second-order valence-electron chi connectivity index (χ2n) is 10.9. The molecular formula is C26H47N3O4. The van der Waals surface area contributed by atoms with Crippen LogP contribution in [0.4, 0.5) is 0 Å². The Morgan fingerprint density at radius 1 is 1.15 bits per heavy atom. The van der Waals surface area contributed by atoms with E-state index in [9.17, 15) is 14.4 Å². The molecule has 190 valence electrons. The molecule has 1 saturated heterocycles. The largest absolute Gasteiger partial charge is 0.463 e. The van der Waals surface area contributed by atoms with Crippen molar-refractivity contribution < 1.29 is 19.1 Å². The van der Waals surface area contributed by atoms with Crippen LogP contribution in [0.15, 0.2) is 11.6 Å². The van der Waals surface area contributed by atoms with E-state index in [4.69, 9.17) is 4.74 Å². The van der Waals surface area contributed by atoms with Crippen LogP contribution in [-0.2, 0) is 19.1 Å². The van der Waals surface area contributed by atoms with Crippen LogP contribution < -0.4 is 5.32 Å². The van der Waals surface area contributed by atoms with Crippen LogP contribution in [0.1, 0.15) is 81.6 Å². The second kappa shape index (κ2) is 12.5. The predicted molar refractivity (Wildman–Crippen MR) is 133 cm³/mol. The zero-order chi connectivity index (χ0) is 25.5. The number of carbonyl (C=O) groups excluding carboxylic acids is 3. The number of carbonyl (C=O) groups is 3. The van der Waals surface area contributed by atoms with Gasteiger partial charge in [0.25, 0.3) is 0 Å². The first kappa shape index (κ1) is 29.1. The molecule has 0 bridgehead atoms. The van der Waals surface area contributed by atoms with Gasteiger partial charge >= 0.3 is 5.97 Å². The average molecular weight is 466 g/mol. The third kappa shape index (κ3) is 8.13. The Labute approximate surface area is 201 Å². The van der Waals surface area contributed by atoms with Crippen LogP contribution in [0.2, 0.25) is 0 Å². The highest BCUT2D eigenvalue weighted by atomic mass is 16.5. The number of amides is 2. The predicted octanol–water partition coefficient (Wildman–Crippen LogP) is 3.77. The van der Waals surface area contributed by atoms with Crippen molar-refractivity contribution in [1.82, 2.24) is 15.1 Å². The molecule has 3 atom stereocenters. The van der Waals surface area contributed by atoms with Crippen LogP contribution in [0.3, 0.4) is 0 Å². The van der Waals surface area contributed by atoms with Crippen LogP contribution in [0, 0.1) is 11.3 Å². The zero-order valence-corrected chi connectivity index (χ0v) is 22.5. The summed E-state index contributed by atoms with van der Waals surface area (Å²) < 4.78 is 5.10. The Bertz CT molecular complexity index is 709. The Kier molecular flexibility index (Phi) is 11.1. The molecule has 0 radical (unpaired) electrons. The van der Waals surface area contributed by atoms with Crippen molar-refractivity contribution in [3.63, 3.8) is 0 Å². The number of likely N-dealkylation sites (N-methyl/N-ethyl adjacent to an activating group) is 1. The number of hydrogen-bond acceptors (Lipinski definition) is 5. The van der Waals surface area contributed by atoms with Gasteiger partial charge < -0.3 is 15.0 Å². The molecule has 1 fully saturated rings. The Morgan fingerprint density at radius 3 is 2.24 bits per heavy atom. The molecule has 0 spiro atoms. The number of ether oxygens (including phenoxy) is 1. The molecule has 7 nitrogen and oxygen atoms in total. The van der Waals surface area contributed by atoms with Gasteiger partial charge in [-0.15, -0.1) is 0 Å². The van der Waals surface area contributed by atoms with Crippen molar-refractivity contribution in [2.75, 3.05) is 20.2 Å². The molecule has 0 saturated carbocycles. The minimum atomic E-state index is -0.677. The maximum Gasteiger partial charge on any atom is 0.333 e. The van der Waals surface area contributed by atoms with Gasteiger partial charge in [-0.1, -0.05) is 47.1 Å². The van der Waals surface area contributed by atoms with Gasteiger partial charge in [-0.2, -0.15) is 0 Å². The van der Waals surface area contributed by atoms with Crippen LogP contribution >= 0.6 is 0 Å². The summed E-state index contributed by atoms with van der Waals surface area (Å²) in [6, 6.07) is -0.920. The van der Waals surface area contributed by atoms with E-state index in [1.165, 1.54) is 0 Å². The molecule has 33 heavy (non-hydrogen) atoms. The fraction of sp³-hybridized carbons (Fsp3) is 0.808. The van der Waals surface area contributed by atoms with Crippen molar-refractivity contribution >= 4 is 17.8 Å². The first-order valence-corrected chi connectivity index (χ1v) is 12.4. The summed E-state index contributed by atoms with van der Waals surface area (Å²) in [5.41, 5.74) is 0.000989. The van der Waals surface area contributed by atoms with Gasteiger partial charge in [0.05, 0.1) is 18.7 Å². The first-order valence-electron chi connectivity index (χ1n) is 12.4. The molecule has 1 unspecified atom stereocenters. The minimum absolute atomic E-state index is 0.0782. The lowest BCUT2D eigenvalue weighted by molar-refractivity contribution is -0.142. The minimum Gasteiger partial charge on any atom is -0.463 e. The Morgan fingerprint density at radius 2 is 1.76 bits per heavy atom. The summed E-state index contributed by atoms with van der Waals surface area (Å²) in [5.74, 6) is -0.538. The van der Waals surface area contributed by atoms with E-state index in [2.05, 4.69) is 24.1 Å². The molecule has 1 rings (SSSR count). The number of nitrogens with one attached hydrogen (secondary N) is 1. The standard InChI is InChI=1S/C26H47N3O4/c1-11-33-25(32)19(6)16-21(17(2)3)28(10)24(31)22(26(7,8)9)27-23(30)20-14-12-13-15-29(20)18(4)5/h16-18,20-22H,11-15H2,1-10H3,(H,27,30)/b19-16+/t20?,21-,22+/m0/s1. The molecule has 1 N–H and O–H groups in total. The van der Waals surface area contributed by atoms with E-state index in [-0.39, 0.29) is 41.8 Å². The normalized spacial score (nSPS) is 19.9. The van der Waals surface area contributed by atoms with Crippen LogP contribution in [0.25, 0.3) is 0 Å². The van der Waals surface area contributed by atoms with E-state index in [0.717, 1.165) is 25.8 Å². The van der Waals surface area contributed by atoms with Gasteiger partial charge in [0.15, 0.2) is 0 Å². The maximum absolute atomic E-state index is 13.7. The fourth-order valence-electron chi connectivity index (χ4n) is 4.41. The number of piperidine rings is 1. The molecule has 1 aliphatic heterocycles. The smallest absolute Gasteiger partial charge is 0.333 e. The first-order chi connectivity index (χ1) is 15.2. The lowest BCUT2D eigenvalue weighted by atomic mass is 9.84. The van der Waals surface area contributed by atoms with Crippen molar-refractivity contribution in [2.24, 2.45) is 11.3 Å². The summed E-state index contributed by atoms with van der Waals surface area (Å²) >= 11 is 0. The molecule has 0 aromatic heterocycles. The molecular weight excluding hydrogens is 418 g/mol. The number of hydrogen-bond donors (Lipinski definition) is 1. The molecule has 0 aromatic carbocycles. The van der Waals surface area contributed by atoms with Crippen molar-refractivity contribution in [2.45, 2.75) is 106 Å². The van der Waals surface area contributed by atoms with Gasteiger partial charge in [-0.3, -0.25) is 14.5 Å². The number of nitrogens with zero attached hydrogens (tertiary/aromatic N) is 2. The summed E-state index contributed by atoms with van der Waals surface area (Å²) in [6.45, 7) is 18.8. The lowest BCUT2D eigenvalue weighted by Crippen LogP contribution is -2.60. The molecule has 2 amide bonds. The number of likely N-dealkylation sites (tertiary alicyclic amines) is 1. The van der Waals surface area contributed by atoms with E-state index < -0.39 is 11.5 Å². The number of esters is 1. The molecule has 1 heterocycles. The van der Waals surface area contributed by atoms with Crippen LogP contribution in [0.5, 0.6) is 0 Å². The highest BCUT2D eigenvalue weighted by Crippen LogP contribution is 2.26. The molecule has 1 aliphatic rings. The topological polar surface area (TPSA) is 79.0 Å². The highest BCUT2D eigenvalue weighted by molar-refractivity contribution is 5.91. The summed E-state index contributed by atoms with van der Waals surface area (Å²) in [5, 5.41) is 3.10. The van der Waals surface area contributed by atoms with Crippen LogP contribution in [-0.4, -0.2) is 72.0 Å². The van der Waals surface area contributed by atoms with E-state index in [1.807, 2.05) is 34.6 Å². The van der Waals surface area contributed by atoms with Gasteiger partial charge in [0.1, 0.15) is 6.04 Å². The van der Waals surface area contributed by atoms with E-state index >= 15 is 0 Å². The Hall–Kier alpha value is -1.89. The molecule has 0 aromatic rings. The van der Waals surface area contributed by atoms with Gasteiger partial charge in [-0.25, -0.2) is 4.79 Å². The van der Waals surface area contributed by atoms with Gasteiger partial charge in [-0.05, 0) is 58.4 Å². The average Bonchev–Trinajstić information content (AvgIpc) is 2.73. The summed E-state index contributed by atoms with van der Waals surface area (Å²) in [6.07, 6.45) is 4.71. The van der Waals surface area contributed by atoms with E-state index in [1.54, 1.807) is 31.9 Å². The van der Waals surface area contributed by atoms with Gasteiger partial charge in [0.2, 0.25) is 11.8 Å². The van der Waals surface area contributed by atoms with Gasteiger partial charge in [0, 0.05) is 18.7 Å². The number of rotatable bonds is 9. The molecule has 7 heteroatoms. The van der Waals surface area contributed by atoms with Crippen molar-refractivity contribution in [3.05, 3.63) is 11.6 Å². The zero-order valence-electron chi connectivity index (χ0n) is 22.5. The monoisotopic (exact) mass is 465 g/mol. The van der Waals surface area contributed by atoms with Crippen molar-refractivity contribution in [3.8, 4) is 0 Å². The SMILES string of the molecule is CCOC(=O)/C(C)=C/[C@@H](C(C)C)N(C)C(=O)[C@@H](NC(=O)C1CCCCN1C(C)C)C(C)(C)C. The molecule has 0 aliphatic carbocycles. The fourth-order valence-corrected chi connectivity index (χ4v) is 4.41. The second-order valence-corrected chi connectivity index (χ2v) is 10.9. The quantitative estimate of drug-likeness (QED) is 0.414. The highest BCUT2D eigenvalue weighted by Gasteiger charge is 2.39.